The zero-order valence-electron chi connectivity index (χ0n) is 9.63. The summed E-state index contributed by atoms with van der Waals surface area (Å²) < 4.78 is 0. The molecule has 2 aromatic carbocycles. The van der Waals surface area contributed by atoms with E-state index in [1.807, 2.05) is 6.07 Å². The second kappa shape index (κ2) is 5.79. The summed E-state index contributed by atoms with van der Waals surface area (Å²) in [4.78, 5) is 12.3. The van der Waals surface area contributed by atoms with Crippen LogP contribution in [0, 0.1) is 11.3 Å². The quantitative estimate of drug-likeness (QED) is 0.925. The maximum atomic E-state index is 11.1. The predicted octanol–water partition coefficient (Wildman–Crippen LogP) is 4.06. The van der Waals surface area contributed by atoms with Crippen molar-refractivity contribution in [3.8, 4) is 6.07 Å². The van der Waals surface area contributed by atoms with E-state index in [1.54, 1.807) is 36.4 Å². The lowest BCUT2D eigenvalue weighted by Crippen LogP contribution is -1.98. The summed E-state index contributed by atoms with van der Waals surface area (Å²) in [5, 5.41) is 18.6. The Labute approximate surface area is 119 Å². The van der Waals surface area contributed by atoms with Gasteiger partial charge in [0.1, 0.15) is 6.07 Å². The molecule has 0 saturated carbocycles. The number of carboxylic acid groups (broad SMARTS) is 1. The van der Waals surface area contributed by atoms with Crippen LogP contribution in [0.1, 0.15) is 15.9 Å². The number of hydrogen-bond acceptors (Lipinski definition) is 3. The van der Waals surface area contributed by atoms with Crippen LogP contribution in [0.5, 0.6) is 0 Å². The molecule has 0 radical (unpaired) electrons. The molecule has 2 aromatic rings. The highest BCUT2D eigenvalue weighted by atomic mass is 35.5. The summed E-state index contributed by atoms with van der Waals surface area (Å²) in [6, 6.07) is 13.8. The maximum absolute atomic E-state index is 11.1. The van der Waals surface area contributed by atoms with E-state index in [0.29, 0.717) is 20.4 Å². The van der Waals surface area contributed by atoms with Crippen molar-refractivity contribution in [2.45, 2.75) is 9.79 Å². The van der Waals surface area contributed by atoms with E-state index in [4.69, 9.17) is 22.0 Å². The summed E-state index contributed by atoms with van der Waals surface area (Å²) in [5.74, 6) is -0.997. The monoisotopic (exact) mass is 289 g/mol. The molecule has 0 amide bonds. The SMILES string of the molecule is N#Cc1c(Cl)cccc1Sc1ccccc1C(=O)O. The number of rotatable bonds is 3. The van der Waals surface area contributed by atoms with E-state index >= 15 is 0 Å². The van der Waals surface area contributed by atoms with E-state index in [-0.39, 0.29) is 5.56 Å². The fraction of sp³-hybridized carbons (Fsp3) is 0. The Balaban J connectivity index is 2.46. The van der Waals surface area contributed by atoms with Gasteiger partial charge in [-0.15, -0.1) is 0 Å². The molecule has 0 atom stereocenters. The van der Waals surface area contributed by atoms with Crippen molar-refractivity contribution in [1.29, 1.82) is 5.26 Å². The summed E-state index contributed by atoms with van der Waals surface area (Å²) in [6.45, 7) is 0. The molecule has 0 aliphatic rings. The normalized spacial score (nSPS) is 9.89. The zero-order chi connectivity index (χ0) is 13.8. The molecule has 0 unspecified atom stereocenters. The summed E-state index contributed by atoms with van der Waals surface area (Å²) in [5.41, 5.74) is 0.561. The molecule has 0 fully saturated rings. The van der Waals surface area contributed by atoms with Gasteiger partial charge in [0.2, 0.25) is 0 Å². The van der Waals surface area contributed by atoms with E-state index in [2.05, 4.69) is 0 Å². The highest BCUT2D eigenvalue weighted by Crippen LogP contribution is 2.35. The molecular weight excluding hydrogens is 282 g/mol. The molecule has 0 aliphatic carbocycles. The number of halogens is 1. The number of nitrogens with zero attached hydrogens (tertiary/aromatic N) is 1. The zero-order valence-corrected chi connectivity index (χ0v) is 11.2. The topological polar surface area (TPSA) is 61.1 Å². The third-order valence-corrected chi connectivity index (χ3v) is 3.88. The molecule has 0 heterocycles. The molecule has 0 aromatic heterocycles. The standard InChI is InChI=1S/C14H8ClNO2S/c15-11-5-3-7-13(10(11)8-16)19-12-6-2-1-4-9(12)14(17)18/h1-7H,(H,17,18). The van der Waals surface area contributed by atoms with Gasteiger partial charge in [0.25, 0.3) is 0 Å². The number of carboxylic acids is 1. The average molecular weight is 290 g/mol. The third-order valence-electron chi connectivity index (χ3n) is 2.42. The van der Waals surface area contributed by atoms with Gasteiger partial charge < -0.3 is 5.11 Å². The van der Waals surface area contributed by atoms with Crippen LogP contribution >= 0.6 is 23.4 Å². The van der Waals surface area contributed by atoms with Gasteiger partial charge in [-0.2, -0.15) is 5.26 Å². The van der Waals surface area contributed by atoms with E-state index in [1.165, 1.54) is 17.8 Å². The maximum Gasteiger partial charge on any atom is 0.336 e. The van der Waals surface area contributed by atoms with Gasteiger partial charge in [0, 0.05) is 9.79 Å². The van der Waals surface area contributed by atoms with E-state index < -0.39 is 5.97 Å². The number of nitriles is 1. The molecule has 0 bridgehead atoms. The second-order valence-electron chi connectivity index (χ2n) is 3.63. The van der Waals surface area contributed by atoms with Crippen LogP contribution in [0.4, 0.5) is 0 Å². The minimum atomic E-state index is -0.997. The van der Waals surface area contributed by atoms with Gasteiger partial charge in [0.15, 0.2) is 0 Å². The van der Waals surface area contributed by atoms with Gasteiger partial charge >= 0.3 is 5.97 Å². The minimum Gasteiger partial charge on any atom is -0.478 e. The molecule has 3 nitrogen and oxygen atoms in total. The lowest BCUT2D eigenvalue weighted by molar-refractivity contribution is 0.0693. The first-order valence-electron chi connectivity index (χ1n) is 5.32. The summed E-state index contributed by atoms with van der Waals surface area (Å²) >= 11 is 7.17. The number of hydrogen-bond donors (Lipinski definition) is 1. The summed E-state index contributed by atoms with van der Waals surface area (Å²) in [7, 11) is 0. The van der Waals surface area contributed by atoms with Gasteiger partial charge in [-0.1, -0.05) is 41.6 Å². The molecular formula is C14H8ClNO2S. The van der Waals surface area contributed by atoms with E-state index in [9.17, 15) is 4.79 Å². The Kier molecular flexibility index (Phi) is 4.10. The summed E-state index contributed by atoms with van der Waals surface area (Å²) in [6.07, 6.45) is 0. The molecule has 0 spiro atoms. The molecule has 0 aliphatic heterocycles. The first-order valence-corrected chi connectivity index (χ1v) is 6.51. The van der Waals surface area contributed by atoms with E-state index in [0.717, 1.165) is 0 Å². The van der Waals surface area contributed by atoms with Crippen molar-refractivity contribution in [1.82, 2.24) is 0 Å². The highest BCUT2D eigenvalue weighted by Gasteiger charge is 2.13. The Morgan fingerprint density at radius 2 is 1.84 bits per heavy atom. The Hall–Kier alpha value is -1.96. The Morgan fingerprint density at radius 3 is 2.53 bits per heavy atom. The number of benzene rings is 2. The van der Waals surface area contributed by atoms with Gasteiger partial charge in [-0.3, -0.25) is 0 Å². The predicted molar refractivity (Wildman–Crippen MR) is 73.7 cm³/mol. The van der Waals surface area contributed by atoms with Crippen LogP contribution in [0.15, 0.2) is 52.3 Å². The second-order valence-corrected chi connectivity index (χ2v) is 5.12. The average Bonchev–Trinajstić information content (AvgIpc) is 2.39. The van der Waals surface area contributed by atoms with Crippen LogP contribution in [-0.2, 0) is 0 Å². The first kappa shape index (κ1) is 13.5. The first-order chi connectivity index (χ1) is 9.13. The van der Waals surface area contributed by atoms with Crippen LogP contribution in [0.2, 0.25) is 5.02 Å². The fourth-order valence-electron chi connectivity index (χ4n) is 1.55. The van der Waals surface area contributed by atoms with Crippen molar-refractivity contribution in [2.24, 2.45) is 0 Å². The lowest BCUT2D eigenvalue weighted by atomic mass is 10.2. The van der Waals surface area contributed by atoms with Gasteiger partial charge in [-0.05, 0) is 24.3 Å². The van der Waals surface area contributed by atoms with Crippen LogP contribution in [0.25, 0.3) is 0 Å². The fourth-order valence-corrected chi connectivity index (χ4v) is 2.87. The molecule has 5 heteroatoms. The molecule has 2 rings (SSSR count). The Bertz CT molecular complexity index is 679. The van der Waals surface area contributed by atoms with Crippen molar-refractivity contribution in [3.05, 3.63) is 58.6 Å². The molecule has 0 saturated heterocycles. The van der Waals surface area contributed by atoms with Crippen LogP contribution < -0.4 is 0 Å². The third kappa shape index (κ3) is 2.90. The molecule has 19 heavy (non-hydrogen) atoms. The van der Waals surface area contributed by atoms with Crippen molar-refractivity contribution in [2.75, 3.05) is 0 Å². The largest absolute Gasteiger partial charge is 0.478 e. The van der Waals surface area contributed by atoms with Gasteiger partial charge in [-0.25, -0.2) is 4.79 Å². The number of aromatic carboxylic acids is 1. The van der Waals surface area contributed by atoms with Crippen molar-refractivity contribution in [3.63, 3.8) is 0 Å². The van der Waals surface area contributed by atoms with Gasteiger partial charge in [0.05, 0.1) is 16.1 Å². The van der Waals surface area contributed by atoms with Crippen molar-refractivity contribution >= 4 is 29.3 Å². The minimum absolute atomic E-state index is 0.205. The smallest absolute Gasteiger partial charge is 0.336 e. The molecule has 94 valence electrons. The van der Waals surface area contributed by atoms with Crippen molar-refractivity contribution < 1.29 is 9.90 Å². The molecule has 1 N–H and O–H groups in total. The Morgan fingerprint density at radius 1 is 1.16 bits per heavy atom. The highest BCUT2D eigenvalue weighted by molar-refractivity contribution is 7.99. The number of carbonyl (C=O) groups is 1. The van der Waals surface area contributed by atoms with Crippen LogP contribution in [-0.4, -0.2) is 11.1 Å². The van der Waals surface area contributed by atoms with Crippen LogP contribution in [0.3, 0.4) is 0 Å². The lowest BCUT2D eigenvalue weighted by Gasteiger charge is -2.07.